The molecule has 4 rings (SSSR count). The number of hydrogen-bond acceptors (Lipinski definition) is 5. The number of pyridine rings is 2. The monoisotopic (exact) mass is 388 g/mol. The molecule has 0 aromatic carbocycles. The average Bonchev–Trinajstić information content (AvgIpc) is 3.07. The Morgan fingerprint density at radius 3 is 2.97 bits per heavy atom. The number of anilines is 2. The number of amides is 2. The van der Waals surface area contributed by atoms with Crippen molar-refractivity contribution in [2.75, 3.05) is 29.9 Å². The Hall–Kier alpha value is -3.48. The molecular formula is C22H24N6O. The van der Waals surface area contributed by atoms with E-state index in [-0.39, 0.29) is 6.03 Å². The number of carbonyl (C=O) groups is 1. The second kappa shape index (κ2) is 8.26. The van der Waals surface area contributed by atoms with Crippen LogP contribution in [0.1, 0.15) is 18.5 Å². The maximum absolute atomic E-state index is 13.1. The van der Waals surface area contributed by atoms with Gasteiger partial charge in [-0.3, -0.25) is 14.9 Å². The van der Waals surface area contributed by atoms with Crippen LogP contribution >= 0.6 is 0 Å². The molecule has 0 spiro atoms. The average molecular weight is 388 g/mol. The normalized spacial score (nSPS) is 16.0. The summed E-state index contributed by atoms with van der Waals surface area (Å²) in [6.45, 7) is 3.41. The fraction of sp³-hybridized carbons (Fsp3) is 0.273. The van der Waals surface area contributed by atoms with Gasteiger partial charge in [0.1, 0.15) is 0 Å². The van der Waals surface area contributed by atoms with E-state index in [1.165, 1.54) is 0 Å². The Balaban J connectivity index is 1.69. The molecule has 0 bridgehead atoms. The highest BCUT2D eigenvalue weighted by Gasteiger charge is 2.26. The summed E-state index contributed by atoms with van der Waals surface area (Å²) in [6, 6.07) is 7.77. The Bertz CT molecular complexity index is 1010. The third-order valence-electron chi connectivity index (χ3n) is 4.96. The zero-order valence-corrected chi connectivity index (χ0v) is 16.7. The van der Waals surface area contributed by atoms with Crippen LogP contribution in [0.3, 0.4) is 0 Å². The second-order valence-corrected chi connectivity index (χ2v) is 7.14. The van der Waals surface area contributed by atoms with Crippen molar-refractivity contribution in [3.8, 4) is 11.3 Å². The SMILES string of the molecule is Cc1cc(-c2ccc3c(n2)N(C(=O)NC2=CCC=CN=C2)CCCN3C)ccn1. The van der Waals surface area contributed by atoms with Crippen molar-refractivity contribution in [2.24, 2.45) is 4.99 Å². The van der Waals surface area contributed by atoms with Crippen LogP contribution in [0.15, 0.2) is 59.5 Å². The van der Waals surface area contributed by atoms with Gasteiger partial charge >= 0.3 is 6.03 Å². The lowest BCUT2D eigenvalue weighted by molar-refractivity contribution is 0.249. The molecule has 2 aliphatic rings. The van der Waals surface area contributed by atoms with Gasteiger partial charge in [0.05, 0.1) is 23.3 Å². The van der Waals surface area contributed by atoms with Crippen LogP contribution in [-0.2, 0) is 0 Å². The Morgan fingerprint density at radius 2 is 2.10 bits per heavy atom. The highest BCUT2D eigenvalue weighted by Crippen LogP contribution is 2.32. The van der Waals surface area contributed by atoms with Crippen molar-refractivity contribution in [1.29, 1.82) is 0 Å². The number of carbonyl (C=O) groups excluding carboxylic acids is 1. The van der Waals surface area contributed by atoms with Crippen LogP contribution in [0.5, 0.6) is 0 Å². The lowest BCUT2D eigenvalue weighted by Crippen LogP contribution is -2.40. The number of nitrogens with zero attached hydrogens (tertiary/aromatic N) is 5. The molecule has 0 atom stereocenters. The van der Waals surface area contributed by atoms with Gasteiger partial charge in [-0.15, -0.1) is 0 Å². The summed E-state index contributed by atoms with van der Waals surface area (Å²) in [4.78, 5) is 30.3. The van der Waals surface area contributed by atoms with E-state index in [2.05, 4.69) is 20.2 Å². The minimum absolute atomic E-state index is 0.197. The quantitative estimate of drug-likeness (QED) is 0.852. The van der Waals surface area contributed by atoms with Gasteiger partial charge in [0.15, 0.2) is 5.82 Å². The standard InChI is InChI=1S/C22H24N6O/c1-16-14-17(9-11-24-16)19-7-8-20-21(26-19)28(13-5-12-27(20)2)22(29)25-18-6-3-4-10-23-15-18/h4,6-11,14-15H,3,5,12-13H2,1-2H3,(H,25,29). The molecule has 29 heavy (non-hydrogen) atoms. The van der Waals surface area contributed by atoms with Gasteiger partial charge in [-0.2, -0.15) is 0 Å². The molecule has 2 aromatic heterocycles. The lowest BCUT2D eigenvalue weighted by Gasteiger charge is -2.24. The van der Waals surface area contributed by atoms with Crippen molar-refractivity contribution in [1.82, 2.24) is 15.3 Å². The topological polar surface area (TPSA) is 73.7 Å². The van der Waals surface area contributed by atoms with Crippen molar-refractivity contribution in [2.45, 2.75) is 19.8 Å². The number of aryl methyl sites for hydroxylation is 1. The van der Waals surface area contributed by atoms with E-state index >= 15 is 0 Å². The Kier molecular flexibility index (Phi) is 5.37. The van der Waals surface area contributed by atoms with Gasteiger partial charge in [0.25, 0.3) is 0 Å². The molecule has 148 valence electrons. The number of allylic oxidation sites excluding steroid dienone is 3. The zero-order chi connectivity index (χ0) is 20.2. The summed E-state index contributed by atoms with van der Waals surface area (Å²) in [5.74, 6) is 0.666. The van der Waals surface area contributed by atoms with Crippen LogP contribution in [0.4, 0.5) is 16.3 Å². The van der Waals surface area contributed by atoms with Gasteiger partial charge in [-0.1, -0.05) is 12.2 Å². The summed E-state index contributed by atoms with van der Waals surface area (Å²) in [7, 11) is 2.03. The van der Waals surface area contributed by atoms with E-state index in [9.17, 15) is 4.79 Å². The van der Waals surface area contributed by atoms with E-state index in [1.807, 2.05) is 50.4 Å². The van der Waals surface area contributed by atoms with Crippen LogP contribution in [0.25, 0.3) is 11.3 Å². The van der Waals surface area contributed by atoms with E-state index in [4.69, 9.17) is 4.98 Å². The largest absolute Gasteiger partial charge is 0.372 e. The van der Waals surface area contributed by atoms with E-state index in [1.54, 1.807) is 23.5 Å². The highest BCUT2D eigenvalue weighted by atomic mass is 16.2. The molecule has 0 radical (unpaired) electrons. The van der Waals surface area contributed by atoms with Gasteiger partial charge in [-0.05, 0) is 44.0 Å². The Labute approximate surface area is 170 Å². The summed E-state index contributed by atoms with van der Waals surface area (Å²) >= 11 is 0. The molecule has 2 aromatic rings. The van der Waals surface area contributed by atoms with Crippen molar-refractivity contribution in [3.63, 3.8) is 0 Å². The highest BCUT2D eigenvalue weighted by molar-refractivity contribution is 5.99. The molecule has 7 nitrogen and oxygen atoms in total. The third kappa shape index (κ3) is 4.18. The van der Waals surface area contributed by atoms with Crippen LogP contribution in [0.2, 0.25) is 0 Å². The van der Waals surface area contributed by atoms with Crippen molar-refractivity contribution in [3.05, 3.63) is 60.2 Å². The number of rotatable bonds is 2. The minimum Gasteiger partial charge on any atom is -0.372 e. The fourth-order valence-electron chi connectivity index (χ4n) is 3.46. The molecule has 2 aliphatic heterocycles. The first kappa shape index (κ1) is 18.9. The molecule has 0 unspecified atom stereocenters. The van der Waals surface area contributed by atoms with Crippen LogP contribution in [0, 0.1) is 6.92 Å². The number of aliphatic imine (C=N–C) groups is 1. The number of urea groups is 1. The summed E-state index contributed by atoms with van der Waals surface area (Å²) in [5, 5.41) is 2.97. The first-order valence-corrected chi connectivity index (χ1v) is 9.74. The van der Waals surface area contributed by atoms with Crippen molar-refractivity contribution >= 4 is 23.8 Å². The maximum atomic E-state index is 13.1. The number of nitrogens with one attached hydrogen (secondary N) is 1. The molecule has 0 saturated heterocycles. The summed E-state index contributed by atoms with van der Waals surface area (Å²) in [5.41, 5.74) is 4.37. The molecule has 2 amide bonds. The molecule has 0 aliphatic carbocycles. The first-order valence-electron chi connectivity index (χ1n) is 9.74. The van der Waals surface area contributed by atoms with Gasteiger partial charge in [-0.25, -0.2) is 9.78 Å². The van der Waals surface area contributed by atoms with Crippen molar-refractivity contribution < 1.29 is 4.79 Å². The van der Waals surface area contributed by atoms with Gasteiger partial charge in [0.2, 0.25) is 0 Å². The zero-order valence-electron chi connectivity index (χ0n) is 16.7. The Morgan fingerprint density at radius 1 is 1.21 bits per heavy atom. The first-order chi connectivity index (χ1) is 14.1. The van der Waals surface area contributed by atoms with E-state index in [0.717, 1.165) is 42.0 Å². The molecule has 7 heteroatoms. The van der Waals surface area contributed by atoms with Crippen LogP contribution in [-0.4, -0.2) is 42.4 Å². The smallest absolute Gasteiger partial charge is 0.327 e. The van der Waals surface area contributed by atoms with E-state index < -0.39 is 0 Å². The molecule has 0 fully saturated rings. The van der Waals surface area contributed by atoms with E-state index in [0.29, 0.717) is 18.1 Å². The second-order valence-electron chi connectivity index (χ2n) is 7.14. The lowest BCUT2D eigenvalue weighted by atomic mass is 10.1. The number of aromatic nitrogens is 2. The molecular weight excluding hydrogens is 364 g/mol. The molecule has 4 heterocycles. The predicted octanol–water partition coefficient (Wildman–Crippen LogP) is 3.68. The molecule has 0 saturated carbocycles. The van der Waals surface area contributed by atoms with Crippen LogP contribution < -0.4 is 15.1 Å². The van der Waals surface area contributed by atoms with Gasteiger partial charge in [0, 0.05) is 43.8 Å². The summed E-state index contributed by atoms with van der Waals surface area (Å²) in [6.07, 6.45) is 10.7. The maximum Gasteiger partial charge on any atom is 0.327 e. The minimum atomic E-state index is -0.197. The fourth-order valence-corrected chi connectivity index (χ4v) is 3.46. The molecule has 1 N–H and O–H groups in total. The van der Waals surface area contributed by atoms with Gasteiger partial charge < -0.3 is 10.2 Å². The number of hydrogen-bond donors (Lipinski definition) is 1. The third-order valence-corrected chi connectivity index (χ3v) is 4.96. The summed E-state index contributed by atoms with van der Waals surface area (Å²) < 4.78 is 0. The predicted molar refractivity (Wildman–Crippen MR) is 116 cm³/mol. The number of fused-ring (bicyclic) bond motifs is 1.